The van der Waals surface area contributed by atoms with Gasteiger partial charge >= 0.3 is 11.9 Å². The van der Waals surface area contributed by atoms with Gasteiger partial charge in [-0.2, -0.15) is 0 Å². The number of carboxylic acid groups (broad SMARTS) is 2. The molecule has 0 aliphatic heterocycles. The summed E-state index contributed by atoms with van der Waals surface area (Å²) in [5.41, 5.74) is 7.06. The van der Waals surface area contributed by atoms with E-state index in [0.717, 1.165) is 33.4 Å². The van der Waals surface area contributed by atoms with E-state index >= 15 is 0 Å². The Morgan fingerprint density at radius 3 is 1.12 bits per heavy atom. The van der Waals surface area contributed by atoms with E-state index in [9.17, 15) is 29.4 Å². The fourth-order valence-electron chi connectivity index (χ4n) is 8.47. The van der Waals surface area contributed by atoms with Crippen LogP contribution < -0.4 is 20.1 Å². The topological polar surface area (TPSA) is 151 Å². The first kappa shape index (κ1) is 42.7. The molecule has 67 heavy (non-hydrogen) atoms. The number of aromatic carboxylic acids is 2. The maximum absolute atomic E-state index is 13.1. The van der Waals surface area contributed by atoms with Crippen LogP contribution in [-0.2, 0) is 5.41 Å². The lowest BCUT2D eigenvalue weighted by Crippen LogP contribution is -2.28. The third-order valence-corrected chi connectivity index (χ3v) is 11.5. The number of rotatable bonds is 12. The van der Waals surface area contributed by atoms with Crippen molar-refractivity contribution in [1.82, 2.24) is 0 Å². The van der Waals surface area contributed by atoms with Gasteiger partial charge in [0.05, 0.1) is 27.7 Å². The van der Waals surface area contributed by atoms with Gasteiger partial charge < -0.3 is 30.3 Å². The molecule has 9 rings (SSSR count). The van der Waals surface area contributed by atoms with Crippen LogP contribution in [0.5, 0.6) is 23.0 Å². The van der Waals surface area contributed by atoms with Gasteiger partial charge in [-0.25, -0.2) is 9.59 Å². The second kappa shape index (κ2) is 17.9. The predicted molar refractivity (Wildman–Crippen MR) is 255 cm³/mol. The highest BCUT2D eigenvalue weighted by Crippen LogP contribution is 2.56. The molecule has 0 fully saturated rings. The molecule has 0 heterocycles. The van der Waals surface area contributed by atoms with Crippen molar-refractivity contribution in [3.63, 3.8) is 0 Å². The Bertz CT molecular complexity index is 3120. The molecule has 10 nitrogen and oxygen atoms in total. The number of anilines is 2. The summed E-state index contributed by atoms with van der Waals surface area (Å²) in [4.78, 5) is 49.7. The van der Waals surface area contributed by atoms with Crippen LogP contribution in [0, 0.1) is 24.7 Å². The van der Waals surface area contributed by atoms with Crippen molar-refractivity contribution in [2.24, 2.45) is 0 Å². The summed E-state index contributed by atoms with van der Waals surface area (Å²) in [7, 11) is 0. The summed E-state index contributed by atoms with van der Waals surface area (Å²) >= 11 is 0. The fraction of sp³-hybridized carbons (Fsp3) is 0.0175. The molecule has 0 unspecified atom stereocenters. The molecule has 0 atom stereocenters. The second-order valence-corrected chi connectivity index (χ2v) is 15.5. The molecule has 4 N–H and O–H groups in total. The molecule has 0 aromatic heterocycles. The average molecular weight is 877 g/mol. The Morgan fingerprint density at radius 1 is 0.433 bits per heavy atom. The highest BCUT2D eigenvalue weighted by Gasteiger charge is 2.46. The molecular formula is C57H36N2O8. The number of carboxylic acids is 2. The number of carbonyl (C=O) groups is 4. The van der Waals surface area contributed by atoms with Crippen LogP contribution in [0.1, 0.15) is 74.8 Å². The molecule has 8 aromatic carbocycles. The first-order valence-corrected chi connectivity index (χ1v) is 20.8. The molecule has 1 aliphatic carbocycles. The molecule has 0 radical (unpaired) electrons. The lowest BCUT2D eigenvalue weighted by Gasteiger charge is -2.34. The van der Waals surface area contributed by atoms with Crippen molar-refractivity contribution in [2.75, 3.05) is 10.6 Å². The van der Waals surface area contributed by atoms with Crippen molar-refractivity contribution < 1.29 is 38.9 Å². The van der Waals surface area contributed by atoms with E-state index in [0.29, 0.717) is 45.5 Å². The minimum Gasteiger partial charge on any atom is -0.478 e. The fourth-order valence-corrected chi connectivity index (χ4v) is 8.47. The highest BCUT2D eigenvalue weighted by atomic mass is 16.5. The predicted octanol–water partition coefficient (Wildman–Crippen LogP) is 11.5. The zero-order valence-corrected chi connectivity index (χ0v) is 35.3. The summed E-state index contributed by atoms with van der Waals surface area (Å²) in [6.07, 6.45) is 11.0. The maximum Gasteiger partial charge on any atom is 0.336 e. The van der Waals surface area contributed by atoms with Crippen LogP contribution in [0.25, 0.3) is 11.1 Å². The first-order valence-electron chi connectivity index (χ1n) is 20.8. The number of terminal acetylenes is 2. The molecule has 0 spiro atoms. The van der Waals surface area contributed by atoms with Crippen LogP contribution in [0.2, 0.25) is 0 Å². The number of hydrogen-bond donors (Lipinski definition) is 4. The van der Waals surface area contributed by atoms with Gasteiger partial charge in [0.25, 0.3) is 11.8 Å². The number of fused-ring (bicyclic) bond motifs is 3. The molecule has 0 saturated heterocycles. The molecule has 0 bridgehead atoms. The monoisotopic (exact) mass is 876 g/mol. The summed E-state index contributed by atoms with van der Waals surface area (Å²) < 4.78 is 12.5. The summed E-state index contributed by atoms with van der Waals surface area (Å²) in [5, 5.41) is 24.7. The number of benzene rings is 8. The van der Waals surface area contributed by atoms with Gasteiger partial charge in [0.2, 0.25) is 0 Å². The molecular weight excluding hydrogens is 841 g/mol. The zero-order chi connectivity index (χ0) is 46.7. The smallest absolute Gasteiger partial charge is 0.336 e. The van der Waals surface area contributed by atoms with Gasteiger partial charge in [-0.15, -0.1) is 12.8 Å². The van der Waals surface area contributed by atoms with Gasteiger partial charge in [-0.3, -0.25) is 9.59 Å². The van der Waals surface area contributed by atoms with E-state index in [1.807, 2.05) is 48.5 Å². The van der Waals surface area contributed by atoms with E-state index in [1.165, 1.54) is 36.4 Å². The van der Waals surface area contributed by atoms with Crippen LogP contribution in [0.4, 0.5) is 11.4 Å². The Balaban J connectivity index is 0.948. The van der Waals surface area contributed by atoms with E-state index < -0.39 is 29.2 Å². The molecule has 0 saturated carbocycles. The van der Waals surface area contributed by atoms with E-state index in [1.54, 1.807) is 48.5 Å². The number of carbonyl (C=O) groups excluding carboxylic acids is 2. The van der Waals surface area contributed by atoms with Crippen molar-refractivity contribution in [3.05, 3.63) is 238 Å². The lowest BCUT2D eigenvalue weighted by atomic mass is 9.68. The summed E-state index contributed by atoms with van der Waals surface area (Å²) in [5.74, 6) is 3.38. The van der Waals surface area contributed by atoms with Crippen molar-refractivity contribution >= 4 is 35.1 Å². The van der Waals surface area contributed by atoms with Crippen molar-refractivity contribution in [3.8, 4) is 58.8 Å². The molecule has 322 valence electrons. The van der Waals surface area contributed by atoms with Gasteiger partial charge in [0, 0.05) is 22.5 Å². The first-order chi connectivity index (χ1) is 32.5. The Labute approximate surface area is 385 Å². The number of nitrogens with one attached hydrogen (secondary N) is 2. The molecule has 8 aromatic rings. The Hall–Kier alpha value is -9.64. The third-order valence-electron chi connectivity index (χ3n) is 11.5. The van der Waals surface area contributed by atoms with Crippen LogP contribution in [0.15, 0.2) is 182 Å². The second-order valence-electron chi connectivity index (χ2n) is 15.5. The van der Waals surface area contributed by atoms with Crippen molar-refractivity contribution in [1.29, 1.82) is 0 Å². The maximum atomic E-state index is 13.1. The summed E-state index contributed by atoms with van der Waals surface area (Å²) in [6.45, 7) is 0. The molecule has 10 heteroatoms. The SMILES string of the molecule is C#Cc1ccc(C(=O)O)c(C(=O)Nc2ccc(Oc3ccc(C4(c5ccc(Oc6ccc(NC(=O)c7cc(C#C)ccc7C(=O)O)cc6)cc5)c5ccccc5-c5ccccc54)cc3)cc2)c1. The van der Waals surface area contributed by atoms with Crippen LogP contribution in [0.3, 0.4) is 0 Å². The van der Waals surface area contributed by atoms with E-state index in [4.69, 9.17) is 22.3 Å². The van der Waals surface area contributed by atoms with Gasteiger partial charge in [-0.05, 0) is 143 Å². The van der Waals surface area contributed by atoms with Gasteiger partial charge in [0.15, 0.2) is 0 Å². The number of hydrogen-bond acceptors (Lipinski definition) is 6. The highest BCUT2D eigenvalue weighted by molar-refractivity contribution is 6.12. The minimum absolute atomic E-state index is 0.0454. The standard InChI is InChI=1S/C57H36N2O8/c1-3-35-13-31-47(55(62)63)49(33-35)53(60)58-39-19-27-43(28-20-39)66-41-23-15-37(16-24-41)57(51-11-7-5-9-45(51)46-10-6-8-12-52(46)57)38-17-25-42(26-18-38)67-44-29-21-40(22-30-44)59-54(61)50-34-36(4-2)14-32-48(50)56(64)65/h1-2,5-34H,(H,58,60)(H,59,61)(H,62,63)(H,64,65). The molecule has 2 amide bonds. The van der Waals surface area contributed by atoms with Crippen LogP contribution in [-0.4, -0.2) is 34.0 Å². The number of amides is 2. The average Bonchev–Trinajstić information content (AvgIpc) is 3.66. The van der Waals surface area contributed by atoms with Gasteiger partial charge in [0.1, 0.15) is 23.0 Å². The van der Waals surface area contributed by atoms with E-state index in [-0.39, 0.29) is 22.3 Å². The largest absolute Gasteiger partial charge is 0.478 e. The van der Waals surface area contributed by atoms with Crippen molar-refractivity contribution in [2.45, 2.75) is 5.41 Å². The quantitative estimate of drug-likeness (QED) is 0.0886. The lowest BCUT2D eigenvalue weighted by molar-refractivity contribution is 0.0683. The van der Waals surface area contributed by atoms with E-state index in [2.05, 4.69) is 71.0 Å². The van der Waals surface area contributed by atoms with Crippen LogP contribution >= 0.6 is 0 Å². The Kier molecular flexibility index (Phi) is 11.4. The zero-order valence-electron chi connectivity index (χ0n) is 35.3. The van der Waals surface area contributed by atoms with Gasteiger partial charge in [-0.1, -0.05) is 84.6 Å². The molecule has 1 aliphatic rings. The minimum atomic E-state index is -1.24. The normalized spacial score (nSPS) is 11.7. The third kappa shape index (κ3) is 8.22. The summed E-state index contributed by atoms with van der Waals surface area (Å²) in [6, 6.07) is 54.5. The Morgan fingerprint density at radius 2 is 0.776 bits per heavy atom. The number of ether oxygens (including phenoxy) is 2.